The molecule has 0 unspecified atom stereocenters. The molecule has 0 aromatic heterocycles. The molecule has 17 heavy (non-hydrogen) atoms. The molecular formula is C12H15N3O2. The Hall–Kier alpha value is -2.30. The first-order chi connectivity index (χ1) is 8.00. The number of amides is 3. The smallest absolute Gasteiger partial charge is 0.323 e. The van der Waals surface area contributed by atoms with Crippen LogP contribution in [0.5, 0.6) is 0 Å². The molecule has 0 aliphatic heterocycles. The van der Waals surface area contributed by atoms with Crippen LogP contribution in [0.25, 0.3) is 0 Å². The Morgan fingerprint density at radius 2 is 1.88 bits per heavy atom. The minimum absolute atomic E-state index is 0.278. The van der Waals surface area contributed by atoms with Gasteiger partial charge in [0.2, 0.25) is 0 Å². The van der Waals surface area contributed by atoms with Crippen LogP contribution in [0.3, 0.4) is 0 Å². The van der Waals surface area contributed by atoms with Crippen LogP contribution in [-0.4, -0.2) is 11.9 Å². The topological polar surface area (TPSA) is 84.2 Å². The molecule has 0 saturated carbocycles. The molecule has 1 aromatic carbocycles. The van der Waals surface area contributed by atoms with E-state index >= 15 is 0 Å². The monoisotopic (exact) mass is 233 g/mol. The number of anilines is 1. The molecular weight excluding hydrogens is 218 g/mol. The summed E-state index contributed by atoms with van der Waals surface area (Å²) in [6.45, 7) is 3.72. The Labute approximate surface area is 99.7 Å². The van der Waals surface area contributed by atoms with Crippen molar-refractivity contribution in [2.75, 3.05) is 5.32 Å². The minimum Gasteiger partial charge on any atom is -0.366 e. The summed E-state index contributed by atoms with van der Waals surface area (Å²) in [4.78, 5) is 22.6. The number of allylic oxidation sites excluding steroid dienone is 1. The molecule has 0 fully saturated rings. The molecule has 5 nitrogen and oxygen atoms in total. The maximum Gasteiger partial charge on any atom is 0.323 e. The largest absolute Gasteiger partial charge is 0.366 e. The van der Waals surface area contributed by atoms with Crippen LogP contribution in [-0.2, 0) is 0 Å². The molecule has 0 spiro atoms. The predicted octanol–water partition coefficient (Wildman–Crippen LogP) is 1.83. The average molecular weight is 233 g/mol. The molecule has 0 bridgehead atoms. The minimum atomic E-state index is -0.580. The third kappa shape index (κ3) is 3.98. The van der Waals surface area contributed by atoms with E-state index in [0.717, 1.165) is 5.57 Å². The second kappa shape index (κ2) is 5.69. The van der Waals surface area contributed by atoms with Gasteiger partial charge in [0, 0.05) is 6.20 Å². The number of rotatable bonds is 3. The van der Waals surface area contributed by atoms with E-state index in [-0.39, 0.29) is 5.56 Å². The molecule has 0 atom stereocenters. The number of nitrogens with two attached hydrogens (primary N) is 1. The number of carbonyl (C=O) groups is 2. The van der Waals surface area contributed by atoms with Gasteiger partial charge in [-0.25, -0.2) is 4.79 Å². The number of carbonyl (C=O) groups excluding carboxylic acids is 2. The maximum atomic E-state index is 11.5. The zero-order valence-corrected chi connectivity index (χ0v) is 9.78. The Morgan fingerprint density at radius 3 is 2.47 bits per heavy atom. The van der Waals surface area contributed by atoms with Crippen LogP contribution in [0.15, 0.2) is 36.0 Å². The first kappa shape index (κ1) is 12.8. The summed E-state index contributed by atoms with van der Waals surface area (Å²) < 4.78 is 0. The van der Waals surface area contributed by atoms with Gasteiger partial charge in [0.1, 0.15) is 0 Å². The summed E-state index contributed by atoms with van der Waals surface area (Å²) in [6, 6.07) is 6.14. The van der Waals surface area contributed by atoms with E-state index in [1.165, 1.54) is 0 Å². The highest BCUT2D eigenvalue weighted by Gasteiger charge is 2.08. The zero-order chi connectivity index (χ0) is 12.8. The lowest BCUT2D eigenvalue weighted by Crippen LogP contribution is -2.26. The Bertz CT molecular complexity index is 463. The summed E-state index contributed by atoms with van der Waals surface area (Å²) in [5, 5.41) is 5.08. The van der Waals surface area contributed by atoms with Crippen LogP contribution in [0.2, 0.25) is 0 Å². The third-order valence-corrected chi connectivity index (χ3v) is 1.93. The molecule has 1 aromatic rings. The van der Waals surface area contributed by atoms with Crippen molar-refractivity contribution in [1.82, 2.24) is 5.32 Å². The summed E-state index contributed by atoms with van der Waals surface area (Å²) in [6.07, 6.45) is 1.57. The van der Waals surface area contributed by atoms with E-state index in [1.54, 1.807) is 30.5 Å². The van der Waals surface area contributed by atoms with Gasteiger partial charge in [0.25, 0.3) is 5.91 Å². The number of primary amides is 1. The summed E-state index contributed by atoms with van der Waals surface area (Å²) in [5.74, 6) is -0.580. The molecule has 5 heteroatoms. The summed E-state index contributed by atoms with van der Waals surface area (Å²) in [5.41, 5.74) is 6.82. The van der Waals surface area contributed by atoms with Crippen LogP contribution in [0.4, 0.5) is 10.5 Å². The van der Waals surface area contributed by atoms with Crippen molar-refractivity contribution in [2.24, 2.45) is 5.73 Å². The van der Waals surface area contributed by atoms with Crippen molar-refractivity contribution >= 4 is 17.6 Å². The van der Waals surface area contributed by atoms with E-state index in [2.05, 4.69) is 10.6 Å². The van der Waals surface area contributed by atoms with Crippen molar-refractivity contribution in [3.05, 3.63) is 41.6 Å². The van der Waals surface area contributed by atoms with E-state index in [9.17, 15) is 9.59 Å². The van der Waals surface area contributed by atoms with Gasteiger partial charge in [-0.3, -0.25) is 4.79 Å². The highest BCUT2D eigenvalue weighted by atomic mass is 16.2. The number of hydrogen-bond acceptors (Lipinski definition) is 2. The van der Waals surface area contributed by atoms with Crippen LogP contribution < -0.4 is 16.4 Å². The van der Waals surface area contributed by atoms with Crippen molar-refractivity contribution in [3.8, 4) is 0 Å². The lowest BCUT2D eigenvalue weighted by molar-refractivity contribution is 0.100. The number of benzene rings is 1. The van der Waals surface area contributed by atoms with E-state index < -0.39 is 11.9 Å². The molecule has 1 rings (SSSR count). The Balaban J connectivity index is 2.78. The fourth-order valence-corrected chi connectivity index (χ4v) is 1.18. The number of hydrogen-bond donors (Lipinski definition) is 3. The van der Waals surface area contributed by atoms with E-state index in [0.29, 0.717) is 5.69 Å². The number of nitrogens with one attached hydrogen (secondary N) is 2. The first-order valence-corrected chi connectivity index (χ1v) is 5.10. The van der Waals surface area contributed by atoms with Gasteiger partial charge in [-0.1, -0.05) is 17.7 Å². The summed E-state index contributed by atoms with van der Waals surface area (Å²) >= 11 is 0. The van der Waals surface area contributed by atoms with Crippen LogP contribution in [0.1, 0.15) is 24.2 Å². The fraction of sp³-hybridized carbons (Fsp3) is 0.167. The first-order valence-electron chi connectivity index (χ1n) is 5.10. The van der Waals surface area contributed by atoms with E-state index in [1.807, 2.05) is 13.8 Å². The molecule has 90 valence electrons. The fourth-order valence-electron chi connectivity index (χ4n) is 1.18. The maximum absolute atomic E-state index is 11.5. The second-order valence-electron chi connectivity index (χ2n) is 3.73. The molecule has 0 saturated heterocycles. The SMILES string of the molecule is CC(C)=CNC(=O)Nc1ccccc1C(N)=O. The van der Waals surface area contributed by atoms with Gasteiger partial charge in [0.15, 0.2) is 0 Å². The predicted molar refractivity (Wildman–Crippen MR) is 66.5 cm³/mol. The molecule has 0 aliphatic rings. The third-order valence-electron chi connectivity index (χ3n) is 1.93. The molecule has 0 aliphatic carbocycles. The molecule has 3 amide bonds. The number of urea groups is 1. The highest BCUT2D eigenvalue weighted by Crippen LogP contribution is 2.13. The second-order valence-corrected chi connectivity index (χ2v) is 3.73. The van der Waals surface area contributed by atoms with E-state index in [4.69, 9.17) is 5.73 Å². The lowest BCUT2D eigenvalue weighted by atomic mass is 10.1. The standard InChI is InChI=1S/C12H15N3O2/c1-8(2)7-14-12(17)15-10-6-4-3-5-9(10)11(13)16/h3-7H,1-2H3,(H2,13,16)(H2,14,15,17). The van der Waals surface area contributed by atoms with Crippen molar-refractivity contribution in [2.45, 2.75) is 13.8 Å². The Morgan fingerprint density at radius 1 is 1.24 bits per heavy atom. The molecule has 4 N–H and O–H groups in total. The zero-order valence-electron chi connectivity index (χ0n) is 9.78. The van der Waals surface area contributed by atoms with Gasteiger partial charge in [-0.2, -0.15) is 0 Å². The van der Waals surface area contributed by atoms with Crippen LogP contribution >= 0.6 is 0 Å². The van der Waals surface area contributed by atoms with Crippen molar-refractivity contribution in [1.29, 1.82) is 0 Å². The van der Waals surface area contributed by atoms with Gasteiger partial charge in [0.05, 0.1) is 11.3 Å². The summed E-state index contributed by atoms with van der Waals surface area (Å²) in [7, 11) is 0. The average Bonchev–Trinajstić information content (AvgIpc) is 2.27. The lowest BCUT2D eigenvalue weighted by Gasteiger charge is -2.08. The molecule has 0 heterocycles. The normalized spacial score (nSPS) is 9.29. The van der Waals surface area contributed by atoms with Gasteiger partial charge in [-0.05, 0) is 26.0 Å². The van der Waals surface area contributed by atoms with Gasteiger partial charge < -0.3 is 16.4 Å². The Kier molecular flexibility index (Phi) is 4.28. The van der Waals surface area contributed by atoms with Gasteiger partial charge in [-0.15, -0.1) is 0 Å². The van der Waals surface area contributed by atoms with Gasteiger partial charge >= 0.3 is 6.03 Å². The highest BCUT2D eigenvalue weighted by molar-refractivity contribution is 6.02. The molecule has 0 radical (unpaired) electrons. The van der Waals surface area contributed by atoms with Crippen molar-refractivity contribution in [3.63, 3.8) is 0 Å². The van der Waals surface area contributed by atoms with Crippen molar-refractivity contribution < 1.29 is 9.59 Å². The number of para-hydroxylation sites is 1. The van der Waals surface area contributed by atoms with Crippen LogP contribution in [0, 0.1) is 0 Å². The quantitative estimate of drug-likeness (QED) is 0.744.